The normalized spacial score (nSPS) is 11.6. The van der Waals surface area contributed by atoms with Gasteiger partial charge in [0.2, 0.25) is 0 Å². The first-order valence-electron chi connectivity index (χ1n) is 10.8. The number of phenolic OH excluding ortho intramolecular Hbond substituents is 2. The molecule has 2 N–H and O–H groups in total. The van der Waals surface area contributed by atoms with Crippen LogP contribution in [0.2, 0.25) is 0 Å². The summed E-state index contributed by atoms with van der Waals surface area (Å²) in [5.74, 6) is 0.604. The van der Waals surface area contributed by atoms with Crippen LogP contribution in [0.5, 0.6) is 11.5 Å². The maximum atomic E-state index is 9.88. The fraction of sp³-hybridized carbons (Fsp3) is 0.440. The van der Waals surface area contributed by atoms with Crippen molar-refractivity contribution in [2.75, 3.05) is 20.1 Å². The summed E-state index contributed by atoms with van der Waals surface area (Å²) in [6.07, 6.45) is 8.56. The van der Waals surface area contributed by atoms with Gasteiger partial charge in [-0.15, -0.1) is 11.3 Å². The molecule has 0 bridgehead atoms. The third kappa shape index (κ3) is 5.97. The van der Waals surface area contributed by atoms with Crippen molar-refractivity contribution in [2.45, 2.75) is 51.9 Å². The Morgan fingerprint density at radius 3 is 2.28 bits per heavy atom. The number of hydrogen-bond acceptors (Lipinski definition) is 4. The zero-order valence-corrected chi connectivity index (χ0v) is 18.5. The average molecular weight is 412 g/mol. The van der Waals surface area contributed by atoms with Crippen LogP contribution in [0.1, 0.15) is 51.0 Å². The smallest absolute Gasteiger partial charge is 0.117 e. The van der Waals surface area contributed by atoms with Crippen molar-refractivity contribution in [3.05, 3.63) is 48.0 Å². The van der Waals surface area contributed by atoms with E-state index in [0.29, 0.717) is 5.75 Å². The molecule has 3 rings (SSSR count). The molecule has 0 saturated heterocycles. The van der Waals surface area contributed by atoms with Gasteiger partial charge in [0, 0.05) is 9.58 Å². The molecular weight excluding hydrogens is 378 g/mol. The number of thiophene rings is 1. The summed E-state index contributed by atoms with van der Waals surface area (Å²) in [6, 6.07) is 13.1. The molecule has 4 heteroatoms. The van der Waals surface area contributed by atoms with E-state index in [0.717, 1.165) is 16.7 Å². The van der Waals surface area contributed by atoms with E-state index in [1.165, 1.54) is 67.4 Å². The molecule has 2 aromatic carbocycles. The Morgan fingerprint density at radius 1 is 0.828 bits per heavy atom. The molecule has 3 aromatic rings. The van der Waals surface area contributed by atoms with Gasteiger partial charge in [-0.1, -0.05) is 26.2 Å². The van der Waals surface area contributed by atoms with Crippen LogP contribution < -0.4 is 0 Å². The number of rotatable bonds is 11. The molecule has 0 aliphatic carbocycles. The maximum Gasteiger partial charge on any atom is 0.117 e. The largest absolute Gasteiger partial charge is 0.508 e. The first-order valence-corrected chi connectivity index (χ1v) is 11.6. The summed E-state index contributed by atoms with van der Waals surface area (Å²) in [6.45, 7) is 4.65. The van der Waals surface area contributed by atoms with E-state index in [1.807, 2.05) is 24.3 Å². The van der Waals surface area contributed by atoms with Crippen LogP contribution in [0.3, 0.4) is 0 Å². The Bertz CT molecular complexity index is 901. The summed E-state index contributed by atoms with van der Waals surface area (Å²) in [7, 11) is 2.23. The van der Waals surface area contributed by atoms with Gasteiger partial charge in [-0.3, -0.25) is 0 Å². The molecule has 0 atom stereocenters. The highest BCUT2D eigenvalue weighted by Gasteiger charge is 2.14. The fourth-order valence-electron chi connectivity index (χ4n) is 3.81. The van der Waals surface area contributed by atoms with E-state index in [2.05, 4.69) is 18.9 Å². The molecule has 0 unspecified atom stereocenters. The molecule has 0 aliphatic rings. The summed E-state index contributed by atoms with van der Waals surface area (Å²) < 4.78 is 1.13. The van der Waals surface area contributed by atoms with Crippen LogP contribution in [-0.2, 0) is 6.42 Å². The SMILES string of the molecule is CCCCN(C)CCCCCCc1c(-c2ccc(O)cc2)sc2cc(O)ccc12. The Morgan fingerprint density at radius 2 is 1.52 bits per heavy atom. The third-order valence-electron chi connectivity index (χ3n) is 5.52. The van der Waals surface area contributed by atoms with Gasteiger partial charge in [0.1, 0.15) is 11.5 Å². The Labute approximate surface area is 178 Å². The topological polar surface area (TPSA) is 43.7 Å². The Kier molecular flexibility index (Phi) is 7.96. The molecule has 0 saturated carbocycles. The van der Waals surface area contributed by atoms with Crippen LogP contribution in [0.25, 0.3) is 20.5 Å². The number of hydrogen-bond donors (Lipinski definition) is 2. The molecule has 0 amide bonds. The first kappa shape index (κ1) is 21.7. The van der Waals surface area contributed by atoms with Gasteiger partial charge in [0.05, 0.1) is 0 Å². The van der Waals surface area contributed by atoms with E-state index in [-0.39, 0.29) is 5.75 Å². The van der Waals surface area contributed by atoms with Gasteiger partial charge < -0.3 is 15.1 Å². The molecule has 0 spiro atoms. The lowest BCUT2D eigenvalue weighted by Crippen LogP contribution is -2.20. The number of fused-ring (bicyclic) bond motifs is 1. The van der Waals surface area contributed by atoms with Crippen molar-refractivity contribution in [1.82, 2.24) is 4.90 Å². The lowest BCUT2D eigenvalue weighted by molar-refractivity contribution is 0.318. The second kappa shape index (κ2) is 10.7. The summed E-state index contributed by atoms with van der Waals surface area (Å²) in [5.41, 5.74) is 2.51. The summed E-state index contributed by atoms with van der Waals surface area (Å²) >= 11 is 1.73. The molecule has 0 aliphatic heterocycles. The van der Waals surface area contributed by atoms with E-state index in [9.17, 15) is 10.2 Å². The van der Waals surface area contributed by atoms with Crippen LogP contribution in [0.4, 0.5) is 0 Å². The van der Waals surface area contributed by atoms with Crippen LogP contribution >= 0.6 is 11.3 Å². The minimum atomic E-state index is 0.290. The molecule has 0 fully saturated rings. The van der Waals surface area contributed by atoms with Crippen molar-refractivity contribution in [2.24, 2.45) is 0 Å². The number of unbranched alkanes of at least 4 members (excludes halogenated alkanes) is 4. The second-order valence-corrected chi connectivity index (χ2v) is 9.01. The lowest BCUT2D eigenvalue weighted by Gasteiger charge is -2.15. The number of phenols is 2. The number of nitrogens with zero attached hydrogens (tertiary/aromatic N) is 1. The number of aryl methyl sites for hydroxylation is 1. The van der Waals surface area contributed by atoms with Gasteiger partial charge >= 0.3 is 0 Å². The monoisotopic (exact) mass is 411 g/mol. The second-order valence-electron chi connectivity index (χ2n) is 7.96. The molecule has 1 heterocycles. The fourth-order valence-corrected chi connectivity index (χ4v) is 5.10. The Balaban J connectivity index is 1.63. The number of aromatic hydroxyl groups is 2. The van der Waals surface area contributed by atoms with Crippen molar-refractivity contribution in [3.63, 3.8) is 0 Å². The van der Waals surface area contributed by atoms with E-state index in [4.69, 9.17) is 0 Å². The standard InChI is InChI=1S/C25H33NO2S/c1-3-4-16-26(2)17-8-6-5-7-9-23-22-15-14-21(28)18-24(22)29-25(23)19-10-12-20(27)13-11-19/h10-15,18,27-28H,3-9,16-17H2,1-2H3. The predicted molar refractivity (Wildman–Crippen MR) is 125 cm³/mol. The van der Waals surface area contributed by atoms with Crippen LogP contribution in [-0.4, -0.2) is 35.3 Å². The van der Waals surface area contributed by atoms with Gasteiger partial charge in [-0.25, -0.2) is 0 Å². The molecular formula is C25H33NO2S. The van der Waals surface area contributed by atoms with E-state index in [1.54, 1.807) is 29.5 Å². The number of benzene rings is 2. The minimum absolute atomic E-state index is 0.290. The molecule has 29 heavy (non-hydrogen) atoms. The van der Waals surface area contributed by atoms with Crippen LogP contribution in [0, 0.1) is 0 Å². The lowest BCUT2D eigenvalue weighted by atomic mass is 9.99. The zero-order chi connectivity index (χ0) is 20.6. The van der Waals surface area contributed by atoms with Crippen molar-refractivity contribution >= 4 is 21.4 Å². The quantitative estimate of drug-likeness (QED) is 0.340. The zero-order valence-electron chi connectivity index (χ0n) is 17.7. The first-order chi connectivity index (χ1) is 14.1. The summed E-state index contributed by atoms with van der Waals surface area (Å²) in [5, 5.41) is 20.8. The highest BCUT2D eigenvalue weighted by Crippen LogP contribution is 2.41. The van der Waals surface area contributed by atoms with Crippen LogP contribution in [0.15, 0.2) is 42.5 Å². The van der Waals surface area contributed by atoms with Gasteiger partial charge in [-0.2, -0.15) is 0 Å². The molecule has 1 aromatic heterocycles. The highest BCUT2D eigenvalue weighted by molar-refractivity contribution is 7.22. The van der Waals surface area contributed by atoms with Gasteiger partial charge in [0.25, 0.3) is 0 Å². The van der Waals surface area contributed by atoms with Gasteiger partial charge in [0.15, 0.2) is 0 Å². The van der Waals surface area contributed by atoms with Crippen molar-refractivity contribution in [1.29, 1.82) is 0 Å². The maximum absolute atomic E-state index is 9.88. The highest BCUT2D eigenvalue weighted by atomic mass is 32.1. The third-order valence-corrected chi connectivity index (χ3v) is 6.76. The minimum Gasteiger partial charge on any atom is -0.508 e. The summed E-state index contributed by atoms with van der Waals surface area (Å²) in [4.78, 5) is 3.70. The van der Waals surface area contributed by atoms with Crippen molar-refractivity contribution in [3.8, 4) is 21.9 Å². The van der Waals surface area contributed by atoms with Gasteiger partial charge in [-0.05, 0) is 105 Å². The molecule has 0 radical (unpaired) electrons. The van der Waals surface area contributed by atoms with E-state index >= 15 is 0 Å². The van der Waals surface area contributed by atoms with E-state index < -0.39 is 0 Å². The Hall–Kier alpha value is -2.04. The molecule has 156 valence electrons. The predicted octanol–water partition coefficient (Wildman–Crippen LogP) is 6.81. The molecule has 3 nitrogen and oxygen atoms in total. The van der Waals surface area contributed by atoms with Crippen molar-refractivity contribution < 1.29 is 10.2 Å². The average Bonchev–Trinajstić information content (AvgIpc) is 3.07.